The highest BCUT2D eigenvalue weighted by atomic mass is 16.1. The first kappa shape index (κ1) is 10.4. The lowest BCUT2D eigenvalue weighted by atomic mass is 10.1. The van der Waals surface area contributed by atoms with Crippen molar-refractivity contribution in [3.63, 3.8) is 0 Å². The van der Waals surface area contributed by atoms with Crippen LogP contribution in [0.15, 0.2) is 4.79 Å². The zero-order valence-corrected chi connectivity index (χ0v) is 9.10. The maximum Gasteiger partial charge on any atom is 0.254 e. The first-order chi connectivity index (χ1) is 7.31. The van der Waals surface area contributed by atoms with Crippen molar-refractivity contribution in [2.45, 2.75) is 39.2 Å². The van der Waals surface area contributed by atoms with Gasteiger partial charge in [0.1, 0.15) is 5.82 Å². The van der Waals surface area contributed by atoms with Crippen LogP contribution >= 0.6 is 0 Å². The Kier molecular flexibility index (Phi) is 3.16. The summed E-state index contributed by atoms with van der Waals surface area (Å²) in [5.41, 5.74) is 1.87. The molecule has 82 valence electrons. The maximum absolute atomic E-state index is 11.7. The second kappa shape index (κ2) is 4.57. The van der Waals surface area contributed by atoms with Gasteiger partial charge in [-0.3, -0.25) is 4.79 Å². The lowest BCUT2D eigenvalue weighted by Crippen LogP contribution is -2.31. The van der Waals surface area contributed by atoms with E-state index in [-0.39, 0.29) is 5.56 Å². The number of unbranched alkanes of at least 4 members (excludes halogenated alkanes) is 1. The van der Waals surface area contributed by atoms with Gasteiger partial charge in [-0.25, -0.2) is 4.98 Å². The van der Waals surface area contributed by atoms with Gasteiger partial charge in [-0.05, 0) is 19.4 Å². The summed E-state index contributed by atoms with van der Waals surface area (Å²) in [5, 5.41) is 3.24. The summed E-state index contributed by atoms with van der Waals surface area (Å²) in [7, 11) is 0. The topological polar surface area (TPSA) is 57.8 Å². The van der Waals surface area contributed by atoms with Gasteiger partial charge in [0.05, 0.1) is 5.69 Å². The monoisotopic (exact) mass is 207 g/mol. The minimum atomic E-state index is 0.0626. The highest BCUT2D eigenvalue weighted by Crippen LogP contribution is 2.07. The number of fused-ring (bicyclic) bond motifs is 1. The quantitative estimate of drug-likeness (QED) is 0.769. The predicted molar refractivity (Wildman–Crippen MR) is 58.9 cm³/mol. The van der Waals surface area contributed by atoms with Gasteiger partial charge in [0.2, 0.25) is 0 Å². The van der Waals surface area contributed by atoms with Crippen molar-refractivity contribution in [2.24, 2.45) is 0 Å². The van der Waals surface area contributed by atoms with Crippen LogP contribution in [0.3, 0.4) is 0 Å². The van der Waals surface area contributed by atoms with Crippen molar-refractivity contribution in [2.75, 3.05) is 6.54 Å². The fourth-order valence-electron chi connectivity index (χ4n) is 1.88. The number of rotatable bonds is 3. The van der Waals surface area contributed by atoms with Gasteiger partial charge in [-0.1, -0.05) is 13.3 Å². The van der Waals surface area contributed by atoms with Crippen LogP contribution in [-0.4, -0.2) is 16.5 Å². The zero-order chi connectivity index (χ0) is 10.7. The number of nitrogens with one attached hydrogen (secondary N) is 2. The molecule has 0 atom stereocenters. The molecule has 0 amide bonds. The van der Waals surface area contributed by atoms with E-state index in [1.54, 1.807) is 0 Å². The Balaban J connectivity index is 2.28. The molecule has 4 nitrogen and oxygen atoms in total. The minimum absolute atomic E-state index is 0.0626. The van der Waals surface area contributed by atoms with Gasteiger partial charge in [0.15, 0.2) is 0 Å². The molecule has 1 aliphatic rings. The molecular weight excluding hydrogens is 190 g/mol. The van der Waals surface area contributed by atoms with E-state index in [1.807, 2.05) is 0 Å². The molecule has 2 rings (SSSR count). The van der Waals surface area contributed by atoms with Gasteiger partial charge < -0.3 is 10.3 Å². The summed E-state index contributed by atoms with van der Waals surface area (Å²) in [4.78, 5) is 19.1. The summed E-state index contributed by atoms with van der Waals surface area (Å²) in [6, 6.07) is 0. The van der Waals surface area contributed by atoms with Crippen molar-refractivity contribution >= 4 is 0 Å². The fraction of sp³-hybridized carbons (Fsp3) is 0.636. The average Bonchev–Trinajstić information content (AvgIpc) is 2.26. The molecule has 1 aromatic rings. The molecule has 1 aliphatic heterocycles. The van der Waals surface area contributed by atoms with Gasteiger partial charge in [0.25, 0.3) is 5.56 Å². The third-order valence-electron chi connectivity index (χ3n) is 2.76. The number of aromatic nitrogens is 2. The Morgan fingerprint density at radius 3 is 3.13 bits per heavy atom. The number of aromatic amines is 1. The van der Waals surface area contributed by atoms with E-state index in [0.717, 1.165) is 55.9 Å². The molecule has 15 heavy (non-hydrogen) atoms. The van der Waals surface area contributed by atoms with Crippen molar-refractivity contribution in [1.29, 1.82) is 0 Å². The van der Waals surface area contributed by atoms with E-state index < -0.39 is 0 Å². The highest BCUT2D eigenvalue weighted by molar-refractivity contribution is 5.20. The lowest BCUT2D eigenvalue weighted by Gasteiger charge is -2.15. The summed E-state index contributed by atoms with van der Waals surface area (Å²) in [5.74, 6) is 0.837. The third kappa shape index (κ3) is 2.26. The largest absolute Gasteiger partial charge is 0.311 e. The van der Waals surface area contributed by atoms with E-state index in [4.69, 9.17) is 0 Å². The molecule has 2 N–H and O–H groups in total. The van der Waals surface area contributed by atoms with E-state index >= 15 is 0 Å². The van der Waals surface area contributed by atoms with Crippen LogP contribution in [0.2, 0.25) is 0 Å². The average molecular weight is 207 g/mol. The van der Waals surface area contributed by atoms with E-state index in [9.17, 15) is 4.79 Å². The molecule has 0 saturated heterocycles. The van der Waals surface area contributed by atoms with Crippen molar-refractivity contribution in [3.05, 3.63) is 27.4 Å². The Morgan fingerprint density at radius 1 is 1.47 bits per heavy atom. The van der Waals surface area contributed by atoms with Gasteiger partial charge in [-0.15, -0.1) is 0 Å². The molecule has 0 unspecified atom stereocenters. The Labute approximate surface area is 89.1 Å². The predicted octanol–water partition coefficient (Wildman–Crippen LogP) is 0.758. The number of aryl methyl sites for hydroxylation is 1. The molecule has 2 heterocycles. The molecule has 1 aromatic heterocycles. The minimum Gasteiger partial charge on any atom is -0.311 e. The smallest absolute Gasteiger partial charge is 0.254 e. The summed E-state index contributed by atoms with van der Waals surface area (Å²) in [6.45, 7) is 3.75. The number of hydrogen-bond acceptors (Lipinski definition) is 3. The normalized spacial score (nSPS) is 15.0. The third-order valence-corrected chi connectivity index (χ3v) is 2.76. The first-order valence-electron chi connectivity index (χ1n) is 5.63. The molecule has 0 radical (unpaired) electrons. The van der Waals surface area contributed by atoms with E-state index in [1.165, 1.54) is 0 Å². The van der Waals surface area contributed by atoms with E-state index in [0.29, 0.717) is 0 Å². The number of hydrogen-bond donors (Lipinski definition) is 2. The van der Waals surface area contributed by atoms with Gasteiger partial charge in [0, 0.05) is 18.5 Å². The van der Waals surface area contributed by atoms with Crippen molar-refractivity contribution in [1.82, 2.24) is 15.3 Å². The Hall–Kier alpha value is -1.16. The van der Waals surface area contributed by atoms with Crippen LogP contribution in [0.5, 0.6) is 0 Å². The van der Waals surface area contributed by atoms with E-state index in [2.05, 4.69) is 22.2 Å². The highest BCUT2D eigenvalue weighted by Gasteiger charge is 2.14. The number of nitrogens with zero attached hydrogens (tertiary/aromatic N) is 1. The number of H-pyrrole nitrogens is 1. The van der Waals surface area contributed by atoms with Crippen LogP contribution in [-0.2, 0) is 19.4 Å². The van der Waals surface area contributed by atoms with Crippen LogP contribution in [0.4, 0.5) is 0 Å². The van der Waals surface area contributed by atoms with Crippen LogP contribution in [0.25, 0.3) is 0 Å². The zero-order valence-electron chi connectivity index (χ0n) is 9.10. The molecule has 0 bridgehead atoms. The van der Waals surface area contributed by atoms with Crippen LogP contribution < -0.4 is 10.9 Å². The second-order valence-corrected chi connectivity index (χ2v) is 3.97. The molecular formula is C11H17N3O. The Morgan fingerprint density at radius 2 is 2.33 bits per heavy atom. The SMILES string of the molecule is CCCCc1nc2c(c(=O)[nH]1)CCNC2. The molecule has 0 fully saturated rings. The fourth-order valence-corrected chi connectivity index (χ4v) is 1.88. The van der Waals surface area contributed by atoms with Gasteiger partial charge >= 0.3 is 0 Å². The second-order valence-electron chi connectivity index (χ2n) is 3.97. The standard InChI is InChI=1S/C11H17N3O/c1-2-3-4-10-13-9-7-12-6-5-8(9)11(15)14-10/h12H,2-7H2,1H3,(H,13,14,15). The molecule has 4 heteroatoms. The van der Waals surface area contributed by atoms with Crippen molar-refractivity contribution < 1.29 is 0 Å². The summed E-state index contributed by atoms with van der Waals surface area (Å²) in [6.07, 6.45) is 3.87. The molecule has 0 aromatic carbocycles. The maximum atomic E-state index is 11.7. The summed E-state index contributed by atoms with van der Waals surface area (Å²) >= 11 is 0. The molecule has 0 saturated carbocycles. The van der Waals surface area contributed by atoms with Crippen LogP contribution in [0, 0.1) is 0 Å². The van der Waals surface area contributed by atoms with Crippen LogP contribution in [0.1, 0.15) is 36.8 Å². The first-order valence-corrected chi connectivity index (χ1v) is 5.63. The lowest BCUT2D eigenvalue weighted by molar-refractivity contribution is 0.607. The van der Waals surface area contributed by atoms with Gasteiger partial charge in [-0.2, -0.15) is 0 Å². The molecule has 0 aliphatic carbocycles. The molecule has 0 spiro atoms. The summed E-state index contributed by atoms with van der Waals surface area (Å²) < 4.78 is 0. The van der Waals surface area contributed by atoms with Crippen molar-refractivity contribution in [3.8, 4) is 0 Å². The Bertz CT molecular complexity index is 397.